The number of nitrogens with one attached hydrogen (secondary N) is 1. The second kappa shape index (κ2) is 9.06. The molecule has 1 saturated heterocycles. The van der Waals surface area contributed by atoms with Crippen LogP contribution in [0.15, 0.2) is 41.2 Å². The van der Waals surface area contributed by atoms with E-state index in [1.807, 2.05) is 26.0 Å². The summed E-state index contributed by atoms with van der Waals surface area (Å²) in [7, 11) is 0. The zero-order chi connectivity index (χ0) is 22.0. The number of hydrogen-bond donors (Lipinski definition) is 1. The highest BCUT2D eigenvalue weighted by atomic mass is 35.5. The van der Waals surface area contributed by atoms with Gasteiger partial charge in [0.2, 0.25) is 0 Å². The van der Waals surface area contributed by atoms with Crippen LogP contribution >= 0.6 is 11.6 Å². The van der Waals surface area contributed by atoms with Crippen molar-refractivity contribution in [3.05, 3.63) is 51.9 Å². The number of imidazole rings is 1. The van der Waals surface area contributed by atoms with Crippen molar-refractivity contribution in [1.29, 1.82) is 0 Å². The molecule has 1 amide bonds. The van der Waals surface area contributed by atoms with Gasteiger partial charge in [-0.15, -0.1) is 0 Å². The number of aromatic nitrogens is 2. The molecule has 3 aromatic rings. The Hall–Kier alpha value is -2.93. The van der Waals surface area contributed by atoms with Crippen LogP contribution in [-0.4, -0.2) is 34.7 Å². The Labute approximate surface area is 186 Å². The van der Waals surface area contributed by atoms with Crippen molar-refractivity contribution in [3.8, 4) is 5.75 Å². The van der Waals surface area contributed by atoms with Crippen LogP contribution < -0.4 is 20.6 Å². The van der Waals surface area contributed by atoms with Crippen molar-refractivity contribution in [2.75, 3.05) is 29.9 Å². The third-order valence-electron chi connectivity index (χ3n) is 5.67. The highest BCUT2D eigenvalue weighted by Gasteiger charge is 2.21. The Morgan fingerprint density at radius 1 is 1.03 bits per heavy atom. The number of hydrogen-bond acceptors (Lipinski definition) is 4. The van der Waals surface area contributed by atoms with Gasteiger partial charge >= 0.3 is 5.69 Å². The number of rotatable bonds is 7. The fraction of sp³-hybridized carbons (Fsp3) is 0.391. The molecule has 0 unspecified atom stereocenters. The topological polar surface area (TPSA) is 68.5 Å². The van der Waals surface area contributed by atoms with Crippen molar-refractivity contribution in [3.63, 3.8) is 0 Å². The number of amides is 1. The molecule has 0 bridgehead atoms. The average Bonchev–Trinajstić information content (AvgIpc) is 3.38. The molecule has 1 fully saturated rings. The number of carbonyl (C=O) groups excluding carboxylic acids is 1. The summed E-state index contributed by atoms with van der Waals surface area (Å²) in [5, 5.41) is 3.62. The van der Waals surface area contributed by atoms with Gasteiger partial charge in [0.25, 0.3) is 5.91 Å². The zero-order valence-corrected chi connectivity index (χ0v) is 18.6. The summed E-state index contributed by atoms with van der Waals surface area (Å²) in [4.78, 5) is 27.7. The minimum absolute atomic E-state index is 0.0260. The first kappa shape index (κ1) is 21.3. The molecule has 0 saturated carbocycles. The van der Waals surface area contributed by atoms with Gasteiger partial charge in [-0.2, -0.15) is 0 Å². The van der Waals surface area contributed by atoms with E-state index >= 15 is 0 Å². The predicted molar refractivity (Wildman–Crippen MR) is 125 cm³/mol. The Morgan fingerprint density at radius 3 is 2.26 bits per heavy atom. The second-order valence-corrected chi connectivity index (χ2v) is 8.05. The van der Waals surface area contributed by atoms with Gasteiger partial charge in [0.15, 0.2) is 6.61 Å². The summed E-state index contributed by atoms with van der Waals surface area (Å²) in [5.74, 6) is 0.324. The van der Waals surface area contributed by atoms with Gasteiger partial charge in [-0.05, 0) is 63.1 Å². The smallest absolute Gasteiger partial charge is 0.329 e. The molecule has 0 radical (unpaired) electrons. The van der Waals surface area contributed by atoms with Crippen LogP contribution in [0.2, 0.25) is 5.02 Å². The number of fused-ring (bicyclic) bond motifs is 1. The van der Waals surface area contributed by atoms with Gasteiger partial charge in [0.05, 0.1) is 22.4 Å². The molecule has 0 atom stereocenters. The van der Waals surface area contributed by atoms with E-state index < -0.39 is 0 Å². The lowest BCUT2D eigenvalue weighted by molar-refractivity contribution is -0.118. The monoisotopic (exact) mass is 442 g/mol. The Morgan fingerprint density at radius 2 is 1.65 bits per heavy atom. The zero-order valence-electron chi connectivity index (χ0n) is 17.9. The SMILES string of the molecule is CCn1c(=O)n(CC)c2cc(N3CCCC3)c(NC(=O)COc3ccc(Cl)cc3)cc21. The minimum atomic E-state index is -0.255. The van der Waals surface area contributed by atoms with E-state index in [1.165, 1.54) is 0 Å². The number of ether oxygens (including phenoxy) is 1. The van der Waals surface area contributed by atoms with Crippen molar-refractivity contribution in [2.24, 2.45) is 0 Å². The van der Waals surface area contributed by atoms with Crippen LogP contribution in [0.5, 0.6) is 5.75 Å². The fourth-order valence-corrected chi connectivity index (χ4v) is 4.27. The Bertz CT molecular complexity index is 1140. The Balaban J connectivity index is 1.65. The van der Waals surface area contributed by atoms with E-state index in [2.05, 4.69) is 10.2 Å². The van der Waals surface area contributed by atoms with Crippen LogP contribution in [-0.2, 0) is 17.9 Å². The normalized spacial score (nSPS) is 13.7. The number of halogens is 1. The van der Waals surface area contributed by atoms with E-state index in [1.54, 1.807) is 33.4 Å². The third-order valence-corrected chi connectivity index (χ3v) is 5.93. The first-order chi connectivity index (χ1) is 15.0. The number of carbonyl (C=O) groups is 1. The molecular weight excluding hydrogens is 416 g/mol. The highest BCUT2D eigenvalue weighted by molar-refractivity contribution is 6.30. The first-order valence-electron chi connectivity index (χ1n) is 10.7. The lowest BCUT2D eigenvalue weighted by Gasteiger charge is -2.22. The molecule has 1 aromatic heterocycles. The third kappa shape index (κ3) is 4.28. The van der Waals surface area contributed by atoms with Gasteiger partial charge in [-0.1, -0.05) is 11.6 Å². The molecule has 8 heteroatoms. The Kier molecular flexibility index (Phi) is 6.23. The first-order valence-corrected chi connectivity index (χ1v) is 11.1. The van der Waals surface area contributed by atoms with Crippen LogP contribution in [0.3, 0.4) is 0 Å². The fourth-order valence-electron chi connectivity index (χ4n) is 4.15. The summed E-state index contributed by atoms with van der Waals surface area (Å²) < 4.78 is 9.12. The summed E-state index contributed by atoms with van der Waals surface area (Å²) in [6.07, 6.45) is 2.23. The van der Waals surface area contributed by atoms with E-state index in [-0.39, 0.29) is 18.2 Å². The van der Waals surface area contributed by atoms with E-state index in [9.17, 15) is 9.59 Å². The lowest BCUT2D eigenvalue weighted by Crippen LogP contribution is -2.24. The molecule has 2 heterocycles. The molecule has 1 aliphatic heterocycles. The van der Waals surface area contributed by atoms with Gasteiger partial charge in [0.1, 0.15) is 5.75 Å². The largest absolute Gasteiger partial charge is 0.484 e. The number of anilines is 2. The van der Waals surface area contributed by atoms with Crippen molar-refractivity contribution in [1.82, 2.24) is 9.13 Å². The molecule has 1 N–H and O–H groups in total. The maximum absolute atomic E-state index is 12.8. The number of nitrogens with zero attached hydrogens (tertiary/aromatic N) is 3. The van der Waals surface area contributed by atoms with E-state index in [0.29, 0.717) is 29.5 Å². The van der Waals surface area contributed by atoms with Crippen molar-refractivity contribution < 1.29 is 9.53 Å². The summed E-state index contributed by atoms with van der Waals surface area (Å²) in [6.45, 7) is 6.84. The number of aryl methyl sites for hydroxylation is 2. The van der Waals surface area contributed by atoms with Gasteiger partial charge < -0.3 is 15.0 Å². The summed E-state index contributed by atoms with van der Waals surface area (Å²) in [6, 6.07) is 10.8. The molecule has 2 aromatic carbocycles. The van der Waals surface area contributed by atoms with Crippen LogP contribution in [0.4, 0.5) is 11.4 Å². The van der Waals surface area contributed by atoms with Crippen molar-refractivity contribution in [2.45, 2.75) is 39.8 Å². The summed E-state index contributed by atoms with van der Waals surface area (Å²) >= 11 is 5.89. The quantitative estimate of drug-likeness (QED) is 0.597. The molecular formula is C23H27ClN4O3. The molecule has 0 aliphatic carbocycles. The van der Waals surface area contributed by atoms with Crippen LogP contribution in [0.1, 0.15) is 26.7 Å². The molecule has 31 heavy (non-hydrogen) atoms. The van der Waals surface area contributed by atoms with Crippen LogP contribution in [0, 0.1) is 0 Å². The van der Waals surface area contributed by atoms with Gasteiger partial charge in [-0.25, -0.2) is 4.79 Å². The predicted octanol–water partition coefficient (Wildman–Crippen LogP) is 4.11. The number of benzene rings is 2. The second-order valence-electron chi connectivity index (χ2n) is 7.61. The standard InChI is InChI=1S/C23H27ClN4O3/c1-3-27-20-13-18(25-22(29)15-31-17-9-7-16(24)8-10-17)19(26-11-5-6-12-26)14-21(20)28(4-2)23(27)30/h7-10,13-14H,3-6,11-12,15H2,1-2H3,(H,25,29). The van der Waals surface area contributed by atoms with Gasteiger partial charge in [-0.3, -0.25) is 13.9 Å². The molecule has 4 rings (SSSR count). The maximum atomic E-state index is 12.8. The minimum Gasteiger partial charge on any atom is -0.484 e. The van der Waals surface area contributed by atoms with Gasteiger partial charge in [0, 0.05) is 31.2 Å². The molecule has 0 spiro atoms. The lowest BCUT2D eigenvalue weighted by atomic mass is 10.2. The van der Waals surface area contributed by atoms with E-state index in [4.69, 9.17) is 16.3 Å². The summed E-state index contributed by atoms with van der Waals surface area (Å²) in [5.41, 5.74) is 3.34. The van der Waals surface area contributed by atoms with Crippen molar-refractivity contribution >= 4 is 39.9 Å². The molecule has 7 nitrogen and oxygen atoms in total. The van der Waals surface area contributed by atoms with E-state index in [0.717, 1.165) is 42.7 Å². The maximum Gasteiger partial charge on any atom is 0.329 e. The molecule has 164 valence electrons. The highest BCUT2D eigenvalue weighted by Crippen LogP contribution is 2.33. The average molecular weight is 443 g/mol. The molecule has 1 aliphatic rings. The van der Waals surface area contributed by atoms with Crippen LogP contribution in [0.25, 0.3) is 11.0 Å².